The maximum atomic E-state index is 6.21. The molecule has 0 saturated heterocycles. The summed E-state index contributed by atoms with van der Waals surface area (Å²) in [5.74, 6) is 1.14. The van der Waals surface area contributed by atoms with E-state index in [2.05, 4.69) is 58.3 Å². The van der Waals surface area contributed by atoms with E-state index in [0.29, 0.717) is 6.10 Å². The van der Waals surface area contributed by atoms with Crippen molar-refractivity contribution in [3.63, 3.8) is 0 Å². The van der Waals surface area contributed by atoms with Gasteiger partial charge in [-0.1, -0.05) is 46.9 Å². The first-order valence-corrected chi connectivity index (χ1v) is 8.88. The van der Waals surface area contributed by atoms with Crippen molar-refractivity contribution >= 4 is 45.3 Å². The molecule has 3 heteroatoms. The summed E-state index contributed by atoms with van der Waals surface area (Å²) in [5, 5.41) is 2.18. The Balaban J connectivity index is 1.95. The average Bonchev–Trinajstić information content (AvgIpc) is 3.03. The molecule has 2 heterocycles. The fourth-order valence-electron chi connectivity index (χ4n) is 2.97. The van der Waals surface area contributed by atoms with Crippen molar-refractivity contribution in [3.8, 4) is 0 Å². The molecule has 19 heavy (non-hydrogen) atoms. The predicted octanol–water partition coefficient (Wildman–Crippen LogP) is 4.74. The average molecular weight is 380 g/mol. The first-order chi connectivity index (χ1) is 9.36. The van der Waals surface area contributed by atoms with Crippen LogP contribution in [0.4, 0.5) is 0 Å². The molecular formula is C16H13IOS. The SMILES string of the molecule is ICC1CC2=C(O1)c1ccsc1Cc1ccccc12. The van der Waals surface area contributed by atoms with E-state index in [-0.39, 0.29) is 0 Å². The van der Waals surface area contributed by atoms with Crippen molar-refractivity contribution in [3.05, 3.63) is 57.3 Å². The Morgan fingerprint density at radius 3 is 3.00 bits per heavy atom. The number of benzene rings is 1. The third kappa shape index (κ3) is 1.86. The Kier molecular flexibility index (Phi) is 2.92. The zero-order chi connectivity index (χ0) is 12.8. The normalized spacial score (nSPS) is 20.4. The quantitative estimate of drug-likeness (QED) is 0.513. The van der Waals surface area contributed by atoms with Crippen molar-refractivity contribution in [2.75, 3.05) is 4.43 Å². The van der Waals surface area contributed by atoms with Gasteiger partial charge in [0.05, 0.1) is 0 Å². The molecule has 1 aliphatic carbocycles. The molecule has 0 N–H and O–H groups in total. The van der Waals surface area contributed by atoms with Gasteiger partial charge >= 0.3 is 0 Å². The first-order valence-electron chi connectivity index (χ1n) is 6.47. The van der Waals surface area contributed by atoms with Crippen LogP contribution in [-0.2, 0) is 11.2 Å². The Morgan fingerprint density at radius 1 is 1.21 bits per heavy atom. The Hall–Kier alpha value is -0.810. The van der Waals surface area contributed by atoms with Crippen molar-refractivity contribution in [1.29, 1.82) is 0 Å². The Morgan fingerprint density at radius 2 is 2.11 bits per heavy atom. The summed E-state index contributed by atoms with van der Waals surface area (Å²) in [4.78, 5) is 1.44. The van der Waals surface area contributed by atoms with Crippen molar-refractivity contribution in [1.82, 2.24) is 0 Å². The molecule has 1 aromatic carbocycles. The highest BCUT2D eigenvalue weighted by Crippen LogP contribution is 2.45. The van der Waals surface area contributed by atoms with E-state index >= 15 is 0 Å². The molecule has 1 nitrogen and oxygen atoms in total. The van der Waals surface area contributed by atoms with Crippen LogP contribution < -0.4 is 0 Å². The number of fused-ring (bicyclic) bond motifs is 4. The molecule has 0 fully saturated rings. The van der Waals surface area contributed by atoms with Gasteiger partial charge in [0, 0.05) is 33.3 Å². The Bertz CT molecular complexity index is 671. The van der Waals surface area contributed by atoms with Crippen molar-refractivity contribution in [2.24, 2.45) is 0 Å². The molecule has 4 rings (SSSR count). The Labute approximate surface area is 130 Å². The van der Waals surface area contributed by atoms with Crippen LogP contribution in [-0.4, -0.2) is 10.5 Å². The molecule has 1 atom stereocenters. The highest BCUT2D eigenvalue weighted by molar-refractivity contribution is 14.1. The van der Waals surface area contributed by atoms with Crippen LogP contribution in [0.3, 0.4) is 0 Å². The largest absolute Gasteiger partial charge is 0.488 e. The lowest BCUT2D eigenvalue weighted by Crippen LogP contribution is -2.07. The van der Waals surface area contributed by atoms with E-state index in [1.54, 1.807) is 0 Å². The van der Waals surface area contributed by atoms with Crippen molar-refractivity contribution in [2.45, 2.75) is 18.9 Å². The van der Waals surface area contributed by atoms with E-state index in [9.17, 15) is 0 Å². The van der Waals surface area contributed by atoms with Crippen LogP contribution in [0.15, 0.2) is 35.7 Å². The second-order valence-electron chi connectivity index (χ2n) is 5.00. The smallest absolute Gasteiger partial charge is 0.132 e. The monoisotopic (exact) mass is 380 g/mol. The number of hydrogen-bond acceptors (Lipinski definition) is 2. The molecule has 1 aromatic heterocycles. The highest BCUT2D eigenvalue weighted by Gasteiger charge is 2.31. The topological polar surface area (TPSA) is 9.23 Å². The summed E-state index contributed by atoms with van der Waals surface area (Å²) in [5.41, 5.74) is 5.57. The van der Waals surface area contributed by atoms with E-state index in [1.165, 1.54) is 27.1 Å². The molecule has 0 spiro atoms. The van der Waals surface area contributed by atoms with Gasteiger partial charge in [-0.15, -0.1) is 11.3 Å². The highest BCUT2D eigenvalue weighted by atomic mass is 127. The van der Waals surface area contributed by atoms with Crippen LogP contribution in [0.1, 0.15) is 28.0 Å². The molecule has 1 aliphatic heterocycles. The molecule has 0 radical (unpaired) electrons. The van der Waals surface area contributed by atoms with Gasteiger partial charge in [0.1, 0.15) is 11.9 Å². The van der Waals surface area contributed by atoms with Gasteiger partial charge < -0.3 is 4.74 Å². The molecule has 2 aliphatic rings. The minimum atomic E-state index is 0.338. The number of hydrogen-bond donors (Lipinski definition) is 0. The summed E-state index contributed by atoms with van der Waals surface area (Å²) in [6.45, 7) is 0. The number of alkyl halides is 1. The molecule has 2 aromatic rings. The predicted molar refractivity (Wildman–Crippen MR) is 88.8 cm³/mol. The van der Waals surface area contributed by atoms with Gasteiger partial charge in [0.2, 0.25) is 0 Å². The van der Waals surface area contributed by atoms with E-state index < -0.39 is 0 Å². The number of rotatable bonds is 1. The zero-order valence-electron chi connectivity index (χ0n) is 10.4. The van der Waals surface area contributed by atoms with Gasteiger partial charge in [-0.3, -0.25) is 0 Å². The van der Waals surface area contributed by atoms with Crippen molar-refractivity contribution < 1.29 is 4.74 Å². The molecule has 0 bridgehead atoms. The van der Waals surface area contributed by atoms with Crippen LogP contribution in [0.2, 0.25) is 0 Å². The lowest BCUT2D eigenvalue weighted by atomic mass is 9.96. The minimum Gasteiger partial charge on any atom is -0.488 e. The number of halogens is 1. The molecule has 0 saturated carbocycles. The summed E-state index contributed by atoms with van der Waals surface area (Å²) in [6.07, 6.45) is 2.42. The van der Waals surface area contributed by atoms with E-state index in [4.69, 9.17) is 4.74 Å². The van der Waals surface area contributed by atoms with Crippen LogP contribution in [0.5, 0.6) is 0 Å². The van der Waals surface area contributed by atoms with E-state index in [0.717, 1.165) is 23.0 Å². The fourth-order valence-corrected chi connectivity index (χ4v) is 4.35. The standard InChI is InChI=1S/C16H13IOS/c17-9-11-8-14-12-4-2-1-3-10(12)7-15-13(5-6-19-15)16(14)18-11/h1-6,11H,7-9H2. The van der Waals surface area contributed by atoms with Gasteiger partial charge in [-0.2, -0.15) is 0 Å². The molecule has 1 unspecified atom stereocenters. The molecule has 0 amide bonds. The summed E-state index contributed by atoms with van der Waals surface area (Å²) in [7, 11) is 0. The summed E-state index contributed by atoms with van der Waals surface area (Å²) >= 11 is 4.27. The first kappa shape index (κ1) is 12.0. The maximum absolute atomic E-state index is 6.21. The lowest BCUT2D eigenvalue weighted by Gasteiger charge is -2.11. The van der Waals surface area contributed by atoms with Gasteiger partial charge in [-0.25, -0.2) is 0 Å². The maximum Gasteiger partial charge on any atom is 0.132 e. The second-order valence-corrected chi connectivity index (χ2v) is 6.88. The van der Waals surface area contributed by atoms with Crippen LogP contribution in [0, 0.1) is 0 Å². The second kappa shape index (κ2) is 4.63. The molecule has 96 valence electrons. The summed E-state index contributed by atoms with van der Waals surface area (Å²) < 4.78 is 7.26. The van der Waals surface area contributed by atoms with E-state index in [1.807, 2.05) is 11.3 Å². The molecular weight excluding hydrogens is 367 g/mol. The van der Waals surface area contributed by atoms with Crippen LogP contribution >= 0.6 is 33.9 Å². The lowest BCUT2D eigenvalue weighted by molar-refractivity contribution is 0.218. The summed E-state index contributed by atoms with van der Waals surface area (Å²) in [6, 6.07) is 11.0. The third-order valence-electron chi connectivity index (χ3n) is 3.85. The van der Waals surface area contributed by atoms with Gasteiger partial charge in [-0.05, 0) is 22.6 Å². The number of ether oxygens (including phenoxy) is 1. The fraction of sp³-hybridized carbons (Fsp3) is 0.250. The minimum absolute atomic E-state index is 0.338. The third-order valence-corrected chi connectivity index (χ3v) is 5.75. The van der Waals surface area contributed by atoms with Gasteiger partial charge in [0.25, 0.3) is 0 Å². The van der Waals surface area contributed by atoms with Gasteiger partial charge in [0.15, 0.2) is 0 Å². The number of thiophene rings is 1. The van der Waals surface area contributed by atoms with Crippen LogP contribution in [0.25, 0.3) is 11.3 Å². The zero-order valence-corrected chi connectivity index (χ0v) is 13.3.